The Balaban J connectivity index is 3.83. The van der Waals surface area contributed by atoms with Crippen molar-refractivity contribution in [1.82, 2.24) is 0 Å². The summed E-state index contributed by atoms with van der Waals surface area (Å²) in [6, 6.07) is 0. The van der Waals surface area contributed by atoms with Crippen molar-refractivity contribution in [3.63, 3.8) is 0 Å². The van der Waals surface area contributed by atoms with Crippen molar-refractivity contribution in [3.8, 4) is 0 Å². The number of likely N-dealkylation sites (N-methyl/N-ethyl adjacent to an activating group) is 1. The molecule has 0 radical (unpaired) electrons. The Labute approximate surface area is 102 Å². The van der Waals surface area contributed by atoms with Crippen molar-refractivity contribution >= 4 is 13.6 Å². The molecule has 0 saturated heterocycles. The molecule has 0 aromatic carbocycles. The van der Waals surface area contributed by atoms with E-state index in [0.717, 1.165) is 6.08 Å². The first-order valence-electron chi connectivity index (χ1n) is 5.30. The van der Waals surface area contributed by atoms with Crippen LogP contribution in [-0.2, 0) is 14.1 Å². The summed E-state index contributed by atoms with van der Waals surface area (Å²) in [5, 5.41) is 0. The van der Waals surface area contributed by atoms with E-state index in [9.17, 15) is 14.3 Å². The maximum Gasteiger partial charge on any atom is 0.330 e. The predicted octanol–water partition coefficient (Wildman–Crippen LogP) is -0.272. The van der Waals surface area contributed by atoms with Gasteiger partial charge in [0.2, 0.25) is 0 Å². The highest BCUT2D eigenvalue weighted by Gasteiger charge is 2.16. The van der Waals surface area contributed by atoms with E-state index in [1.54, 1.807) is 0 Å². The highest BCUT2D eigenvalue weighted by atomic mass is 31.2. The zero-order chi connectivity index (χ0) is 13.5. The van der Waals surface area contributed by atoms with Crippen molar-refractivity contribution in [2.45, 2.75) is 6.42 Å². The van der Waals surface area contributed by atoms with E-state index >= 15 is 0 Å². The van der Waals surface area contributed by atoms with Crippen molar-refractivity contribution in [2.24, 2.45) is 0 Å². The molecule has 0 aliphatic heterocycles. The number of quaternary nitrogens is 1. The second-order valence-corrected chi connectivity index (χ2v) is 6.19. The smallest absolute Gasteiger partial charge is 0.330 e. The van der Waals surface area contributed by atoms with Gasteiger partial charge >= 0.3 is 5.97 Å². The maximum atomic E-state index is 10.8. The molecule has 100 valence electrons. The summed E-state index contributed by atoms with van der Waals surface area (Å²) < 4.78 is 15.9. The third-order valence-corrected chi connectivity index (χ3v) is 3.19. The summed E-state index contributed by atoms with van der Waals surface area (Å²) >= 11 is 0. The summed E-state index contributed by atoms with van der Waals surface area (Å²) in [5.41, 5.74) is 0. The largest absolute Gasteiger partial charge is 0.779 e. The normalized spacial score (nSPS) is 15.1. The lowest BCUT2D eigenvalue weighted by Gasteiger charge is -2.30. The molecule has 0 aromatic heterocycles. The highest BCUT2D eigenvalue weighted by molar-refractivity contribution is 7.50. The Hall–Kier alpha value is -0.680. The third kappa shape index (κ3) is 10.2. The number of hydrogen-bond donors (Lipinski definition) is 1. The predicted molar refractivity (Wildman–Crippen MR) is 62.3 cm³/mol. The van der Waals surface area contributed by atoms with Crippen LogP contribution in [0, 0.1) is 0 Å². The summed E-state index contributed by atoms with van der Waals surface area (Å²) in [7, 11) is -0.361. The van der Waals surface area contributed by atoms with E-state index in [2.05, 4.69) is 6.58 Å². The van der Waals surface area contributed by atoms with Gasteiger partial charge in [0.1, 0.15) is 20.7 Å². The molecule has 0 spiro atoms. The molecule has 1 N–H and O–H groups in total. The quantitative estimate of drug-likeness (QED) is 0.282. The standard InChI is InChI=1S/C10H20NO5P/c1-4-10(12)16-8-7-11(2,3)6-5-9-17(13,14)15/h4H,1,5-9H2,2-3H3,(H-,13,14,15). The van der Waals surface area contributed by atoms with Crippen LogP contribution in [0.25, 0.3) is 0 Å². The van der Waals surface area contributed by atoms with Crippen LogP contribution in [0.5, 0.6) is 0 Å². The van der Waals surface area contributed by atoms with Gasteiger partial charge in [-0.25, -0.2) is 4.79 Å². The van der Waals surface area contributed by atoms with Crippen molar-refractivity contribution < 1.29 is 28.4 Å². The van der Waals surface area contributed by atoms with E-state index in [4.69, 9.17) is 9.63 Å². The monoisotopic (exact) mass is 265 g/mol. The van der Waals surface area contributed by atoms with Crippen LogP contribution in [0.15, 0.2) is 12.7 Å². The van der Waals surface area contributed by atoms with Crippen LogP contribution in [0.4, 0.5) is 0 Å². The topological polar surface area (TPSA) is 86.7 Å². The molecule has 0 amide bonds. The van der Waals surface area contributed by atoms with Gasteiger partial charge in [-0.3, -0.25) is 0 Å². The van der Waals surface area contributed by atoms with E-state index in [1.165, 1.54) is 0 Å². The Bertz CT molecular complexity index is 310. The lowest BCUT2D eigenvalue weighted by atomic mass is 10.3. The fraction of sp³-hybridized carbons (Fsp3) is 0.700. The van der Waals surface area contributed by atoms with Gasteiger partial charge in [-0.15, -0.1) is 0 Å². The summed E-state index contributed by atoms with van der Waals surface area (Å²) in [5.74, 6) is -0.468. The zero-order valence-corrected chi connectivity index (χ0v) is 11.2. The molecule has 1 atom stereocenters. The molecule has 0 heterocycles. The van der Waals surface area contributed by atoms with Gasteiger partial charge in [0.05, 0.1) is 20.6 Å². The Morgan fingerprint density at radius 3 is 2.59 bits per heavy atom. The van der Waals surface area contributed by atoms with Crippen LogP contribution in [0.2, 0.25) is 0 Å². The van der Waals surface area contributed by atoms with Gasteiger partial charge in [-0.2, -0.15) is 0 Å². The highest BCUT2D eigenvalue weighted by Crippen LogP contribution is 2.29. The van der Waals surface area contributed by atoms with Crippen LogP contribution >= 0.6 is 7.60 Å². The Morgan fingerprint density at radius 1 is 1.53 bits per heavy atom. The second kappa shape index (κ2) is 6.91. The van der Waals surface area contributed by atoms with Crippen molar-refractivity contribution in [1.29, 1.82) is 0 Å². The number of carbonyl (C=O) groups excluding carboxylic acids is 1. The molecule has 0 saturated carbocycles. The average Bonchev–Trinajstić information content (AvgIpc) is 2.14. The molecule has 0 aliphatic carbocycles. The summed E-state index contributed by atoms with van der Waals surface area (Å²) in [6.07, 6.45) is 1.25. The average molecular weight is 265 g/mol. The minimum Gasteiger partial charge on any atom is -0.779 e. The molecule has 0 aromatic rings. The maximum absolute atomic E-state index is 10.8. The van der Waals surface area contributed by atoms with Crippen LogP contribution < -0.4 is 4.89 Å². The summed E-state index contributed by atoms with van der Waals surface area (Å²) in [6.45, 7) is 4.69. The number of esters is 1. The Morgan fingerprint density at radius 2 is 2.12 bits per heavy atom. The van der Waals surface area contributed by atoms with Gasteiger partial charge in [-0.1, -0.05) is 6.58 Å². The molecule has 0 fully saturated rings. The number of ether oxygens (including phenoxy) is 1. The molecule has 1 unspecified atom stereocenters. The molecule has 17 heavy (non-hydrogen) atoms. The fourth-order valence-corrected chi connectivity index (χ4v) is 1.80. The first-order valence-corrected chi connectivity index (χ1v) is 7.06. The molecule has 6 nitrogen and oxygen atoms in total. The second-order valence-electron chi connectivity index (χ2n) is 4.47. The molecule has 0 bridgehead atoms. The van der Waals surface area contributed by atoms with Crippen LogP contribution in [0.1, 0.15) is 6.42 Å². The van der Waals surface area contributed by atoms with Gasteiger partial charge in [0.15, 0.2) is 0 Å². The van der Waals surface area contributed by atoms with E-state index in [1.807, 2.05) is 14.1 Å². The number of hydrogen-bond acceptors (Lipinski definition) is 4. The number of rotatable bonds is 8. The lowest BCUT2D eigenvalue weighted by Crippen LogP contribution is -2.43. The molecular weight excluding hydrogens is 245 g/mol. The zero-order valence-electron chi connectivity index (χ0n) is 10.3. The van der Waals surface area contributed by atoms with Crippen LogP contribution in [0.3, 0.4) is 0 Å². The Kier molecular flexibility index (Phi) is 6.64. The minimum absolute atomic E-state index is 0.221. The van der Waals surface area contributed by atoms with Gasteiger partial charge < -0.3 is 23.6 Å². The number of carbonyl (C=O) groups is 1. The van der Waals surface area contributed by atoms with Gasteiger partial charge in [0.25, 0.3) is 0 Å². The summed E-state index contributed by atoms with van der Waals surface area (Å²) in [4.78, 5) is 29.9. The minimum atomic E-state index is -4.16. The van der Waals surface area contributed by atoms with Gasteiger partial charge in [0, 0.05) is 18.7 Å². The fourth-order valence-electron chi connectivity index (χ4n) is 1.26. The van der Waals surface area contributed by atoms with E-state index in [0.29, 0.717) is 24.0 Å². The molecule has 0 aliphatic rings. The first kappa shape index (κ1) is 16.3. The first-order chi connectivity index (χ1) is 7.66. The third-order valence-electron chi connectivity index (χ3n) is 2.31. The molecular formula is C10H20NO5P. The van der Waals surface area contributed by atoms with Gasteiger partial charge in [-0.05, 0) is 0 Å². The van der Waals surface area contributed by atoms with Crippen molar-refractivity contribution in [3.05, 3.63) is 12.7 Å². The van der Waals surface area contributed by atoms with E-state index < -0.39 is 13.6 Å². The molecule has 0 rings (SSSR count). The van der Waals surface area contributed by atoms with E-state index in [-0.39, 0.29) is 12.8 Å². The SMILES string of the molecule is C=CC(=O)OCC[N+](C)(C)CCCP(=O)([O-])O. The lowest BCUT2D eigenvalue weighted by molar-refractivity contribution is -0.890. The number of nitrogens with zero attached hydrogens (tertiary/aromatic N) is 1. The van der Waals surface area contributed by atoms with Crippen LogP contribution in [-0.4, -0.2) is 55.3 Å². The van der Waals surface area contributed by atoms with Crippen molar-refractivity contribution in [2.75, 3.05) is 40.0 Å². The molecule has 7 heteroatoms.